The van der Waals surface area contributed by atoms with Crippen molar-refractivity contribution in [2.24, 2.45) is 4.99 Å². The molecule has 1 aromatic heterocycles. The molecule has 0 aliphatic carbocycles. The zero-order valence-corrected chi connectivity index (χ0v) is 27.1. The summed E-state index contributed by atoms with van der Waals surface area (Å²) in [4.78, 5) is 42.4. The predicted octanol–water partition coefficient (Wildman–Crippen LogP) is 4.70. The van der Waals surface area contributed by atoms with E-state index >= 15 is 0 Å². The second-order valence-corrected chi connectivity index (χ2v) is 11.1. The zero-order valence-electron chi connectivity index (χ0n) is 26.3. The number of esters is 1. The molecule has 1 aliphatic heterocycles. The molecule has 0 saturated carbocycles. The zero-order chi connectivity index (χ0) is 33.5. The number of hydrogen-bond acceptors (Lipinski definition) is 11. The minimum atomic E-state index is -0.820. The van der Waals surface area contributed by atoms with Gasteiger partial charge in [-0.15, -0.1) is 0 Å². The van der Waals surface area contributed by atoms with Crippen molar-refractivity contribution < 1.29 is 33.4 Å². The molecule has 0 N–H and O–H groups in total. The first-order chi connectivity index (χ1) is 22.8. The van der Waals surface area contributed by atoms with Crippen LogP contribution < -0.4 is 33.8 Å². The quantitative estimate of drug-likeness (QED) is 0.113. The van der Waals surface area contributed by atoms with Crippen molar-refractivity contribution in [2.45, 2.75) is 33.4 Å². The van der Waals surface area contributed by atoms with Crippen molar-refractivity contribution in [3.8, 4) is 23.0 Å². The lowest BCUT2D eigenvalue weighted by Crippen LogP contribution is -2.39. The van der Waals surface area contributed by atoms with E-state index in [0.717, 1.165) is 0 Å². The number of fused-ring (bicyclic) bond motifs is 1. The number of aromatic nitrogens is 1. The summed E-state index contributed by atoms with van der Waals surface area (Å²) in [5, 5.41) is 11.1. The highest BCUT2D eigenvalue weighted by Gasteiger charge is 2.31. The second kappa shape index (κ2) is 14.8. The highest BCUT2D eigenvalue weighted by Crippen LogP contribution is 2.35. The summed E-state index contributed by atoms with van der Waals surface area (Å²) in [7, 11) is 1.28. The van der Waals surface area contributed by atoms with Crippen LogP contribution in [0.3, 0.4) is 0 Å². The molecule has 0 radical (unpaired) electrons. The lowest BCUT2D eigenvalue weighted by atomic mass is 9.97. The summed E-state index contributed by atoms with van der Waals surface area (Å²) in [6.07, 6.45) is 3.16. The summed E-state index contributed by atoms with van der Waals surface area (Å²) < 4.78 is 30.2. The number of methoxy groups -OCH3 is 1. The lowest BCUT2D eigenvalue weighted by Gasteiger charge is -2.23. The van der Waals surface area contributed by atoms with Gasteiger partial charge in [0.25, 0.3) is 11.2 Å². The Labute approximate surface area is 273 Å². The van der Waals surface area contributed by atoms with E-state index in [2.05, 4.69) is 4.99 Å². The maximum absolute atomic E-state index is 14.0. The first-order valence-corrected chi connectivity index (χ1v) is 15.7. The van der Waals surface area contributed by atoms with Crippen LogP contribution in [0.4, 0.5) is 5.69 Å². The fraction of sp³-hybridized carbons (Fsp3) is 0.265. The van der Waals surface area contributed by atoms with Crippen LogP contribution >= 0.6 is 11.3 Å². The number of non-ortho nitro benzene ring substituents is 1. The number of rotatable bonds is 13. The smallest absolute Gasteiger partial charge is 0.337 e. The first-order valence-electron chi connectivity index (χ1n) is 14.9. The number of nitrogens with zero attached hydrogens (tertiary/aromatic N) is 3. The molecule has 0 bridgehead atoms. The van der Waals surface area contributed by atoms with Gasteiger partial charge in [0.2, 0.25) is 0 Å². The summed E-state index contributed by atoms with van der Waals surface area (Å²) in [5.41, 5.74) is 1.76. The largest absolute Gasteiger partial charge is 0.490 e. The van der Waals surface area contributed by atoms with Gasteiger partial charge >= 0.3 is 5.97 Å². The van der Waals surface area contributed by atoms with E-state index in [4.69, 9.17) is 23.7 Å². The van der Waals surface area contributed by atoms with Gasteiger partial charge < -0.3 is 23.7 Å². The van der Waals surface area contributed by atoms with Gasteiger partial charge in [0.05, 0.1) is 48.0 Å². The first kappa shape index (κ1) is 32.9. The van der Waals surface area contributed by atoms with Crippen LogP contribution in [0.25, 0.3) is 6.08 Å². The maximum Gasteiger partial charge on any atom is 0.337 e. The number of ether oxygens (including phenoxy) is 5. The van der Waals surface area contributed by atoms with Crippen LogP contribution in [-0.4, -0.2) is 42.4 Å². The van der Waals surface area contributed by atoms with Gasteiger partial charge in [0.15, 0.2) is 27.8 Å². The molecule has 0 unspecified atom stereocenters. The fourth-order valence-corrected chi connectivity index (χ4v) is 6.03. The number of benzene rings is 3. The average Bonchev–Trinajstić information content (AvgIpc) is 3.39. The molecule has 1 aliphatic rings. The van der Waals surface area contributed by atoms with Crippen molar-refractivity contribution in [3.05, 3.63) is 119 Å². The van der Waals surface area contributed by atoms with E-state index in [0.29, 0.717) is 68.8 Å². The molecule has 12 nitrogen and oxygen atoms in total. The van der Waals surface area contributed by atoms with Gasteiger partial charge in [0.1, 0.15) is 6.61 Å². The summed E-state index contributed by atoms with van der Waals surface area (Å²) in [6, 6.07) is 16.0. The minimum absolute atomic E-state index is 0.0221. The van der Waals surface area contributed by atoms with E-state index < -0.39 is 16.9 Å². The Balaban J connectivity index is 1.52. The summed E-state index contributed by atoms with van der Waals surface area (Å²) in [5.74, 6) is 1.33. The molecule has 3 aromatic carbocycles. The monoisotopic (exact) mass is 659 g/mol. The number of nitro benzene ring substituents is 1. The molecule has 2 heterocycles. The summed E-state index contributed by atoms with van der Waals surface area (Å²) >= 11 is 1.19. The van der Waals surface area contributed by atoms with Gasteiger partial charge in [-0.25, -0.2) is 9.79 Å². The number of hydrogen-bond donors (Lipinski definition) is 0. The third-order valence-electron chi connectivity index (χ3n) is 7.09. The molecule has 4 aromatic rings. The highest BCUT2D eigenvalue weighted by atomic mass is 32.1. The van der Waals surface area contributed by atoms with Crippen molar-refractivity contribution in [1.29, 1.82) is 0 Å². The van der Waals surface area contributed by atoms with Crippen LogP contribution in [0.15, 0.2) is 82.2 Å². The molecule has 0 fully saturated rings. The van der Waals surface area contributed by atoms with Crippen LogP contribution in [0, 0.1) is 10.1 Å². The van der Waals surface area contributed by atoms with Crippen molar-refractivity contribution in [1.82, 2.24) is 4.57 Å². The average molecular weight is 660 g/mol. The Morgan fingerprint density at radius 1 is 0.936 bits per heavy atom. The van der Waals surface area contributed by atoms with Crippen LogP contribution in [0.5, 0.6) is 23.0 Å². The Morgan fingerprint density at radius 2 is 1.62 bits per heavy atom. The molecule has 0 spiro atoms. The van der Waals surface area contributed by atoms with Crippen molar-refractivity contribution in [2.75, 3.05) is 26.9 Å². The molecular formula is C34H33N3O9S. The van der Waals surface area contributed by atoms with Gasteiger partial charge in [-0.2, -0.15) is 0 Å². The SMILES string of the molecule is CCOc1ccc([C@H]2C(C(=O)OC)=CN=c3s/c(=C\c4ccc(OCc5cccc([N+](=O)[O-])c5)c(OCC)c4)c(=O)n32)cc1OCC. The highest BCUT2D eigenvalue weighted by molar-refractivity contribution is 7.07. The molecule has 0 amide bonds. The van der Waals surface area contributed by atoms with E-state index in [-0.39, 0.29) is 23.4 Å². The van der Waals surface area contributed by atoms with Gasteiger partial charge in [-0.1, -0.05) is 35.6 Å². The van der Waals surface area contributed by atoms with E-state index in [9.17, 15) is 19.7 Å². The van der Waals surface area contributed by atoms with Crippen LogP contribution in [0.1, 0.15) is 43.5 Å². The topological polar surface area (TPSA) is 141 Å². The molecular weight excluding hydrogens is 626 g/mol. The van der Waals surface area contributed by atoms with Gasteiger partial charge in [0, 0.05) is 18.3 Å². The van der Waals surface area contributed by atoms with Crippen molar-refractivity contribution >= 4 is 29.1 Å². The molecule has 1 atom stereocenters. The normalized spacial score (nSPS) is 14.0. The standard InChI is InChI=1S/C34H33N3O9S/c1-5-43-26-14-12-23(18-29(26)45-7-3)31-25(33(39)42-4)19-35-34-36(31)32(38)30(47-34)17-21-11-13-27(28(16-21)44-6-2)46-20-22-9-8-10-24(15-22)37(40)41/h8-19,31H,5-7,20H2,1-4H3/b30-17-/t31-/m0/s1. The van der Waals surface area contributed by atoms with Crippen molar-refractivity contribution in [3.63, 3.8) is 0 Å². The lowest BCUT2D eigenvalue weighted by molar-refractivity contribution is -0.384. The fourth-order valence-electron chi connectivity index (χ4n) is 5.06. The Hall–Kier alpha value is -5.43. The van der Waals surface area contributed by atoms with Crippen LogP contribution in [-0.2, 0) is 16.1 Å². The third-order valence-corrected chi connectivity index (χ3v) is 8.09. The summed E-state index contributed by atoms with van der Waals surface area (Å²) in [6.45, 7) is 6.87. The van der Waals surface area contributed by atoms with E-state index in [1.54, 1.807) is 54.6 Å². The third kappa shape index (κ3) is 7.20. The number of nitro groups is 1. The maximum atomic E-state index is 14.0. The minimum Gasteiger partial charge on any atom is -0.490 e. The number of carbonyl (C=O) groups is 1. The van der Waals surface area contributed by atoms with Crippen LogP contribution in [0.2, 0.25) is 0 Å². The molecule has 13 heteroatoms. The molecule has 5 rings (SSSR count). The van der Waals surface area contributed by atoms with Gasteiger partial charge in [-0.3, -0.25) is 19.5 Å². The Morgan fingerprint density at radius 3 is 2.32 bits per heavy atom. The molecule has 0 saturated heterocycles. The molecule has 47 heavy (non-hydrogen) atoms. The Kier molecular flexibility index (Phi) is 10.4. The number of thiazole rings is 1. The second-order valence-electron chi connectivity index (χ2n) is 10.1. The van der Waals surface area contributed by atoms with Gasteiger partial charge in [-0.05, 0) is 67.8 Å². The molecule has 244 valence electrons. The van der Waals surface area contributed by atoms with E-state index in [1.165, 1.54) is 41.3 Å². The Bertz CT molecular complexity index is 2020. The predicted molar refractivity (Wildman–Crippen MR) is 175 cm³/mol. The number of carbonyl (C=O) groups excluding carboxylic acids is 1. The van der Waals surface area contributed by atoms with E-state index in [1.807, 2.05) is 20.8 Å².